The Morgan fingerprint density at radius 1 is 1.18 bits per heavy atom. The quantitative estimate of drug-likeness (QED) is 0.576. The zero-order valence-corrected chi connectivity index (χ0v) is 11.1. The van der Waals surface area contributed by atoms with Crippen LogP contribution in [-0.4, -0.2) is 31.4 Å². The third-order valence-electron chi connectivity index (χ3n) is 2.59. The van der Waals surface area contributed by atoms with Crippen molar-refractivity contribution < 1.29 is 9.59 Å². The predicted molar refractivity (Wildman–Crippen MR) is 68.4 cm³/mol. The summed E-state index contributed by atoms with van der Waals surface area (Å²) in [5, 5.41) is 5.52. The molecule has 0 bridgehead atoms. The van der Waals surface area contributed by atoms with Crippen LogP contribution in [0.1, 0.15) is 40.0 Å². The summed E-state index contributed by atoms with van der Waals surface area (Å²) in [6.07, 6.45) is 1.88. The topological polar surface area (TPSA) is 84.2 Å². The van der Waals surface area contributed by atoms with Crippen LogP contribution in [0.25, 0.3) is 0 Å². The van der Waals surface area contributed by atoms with Gasteiger partial charge in [-0.05, 0) is 19.4 Å². The SMILES string of the molecule is CCCNC(=O)CCNC(=O)C(C)(C)CCN. The van der Waals surface area contributed by atoms with Crippen LogP contribution in [0.3, 0.4) is 0 Å². The van der Waals surface area contributed by atoms with Crippen molar-refractivity contribution in [1.29, 1.82) is 0 Å². The van der Waals surface area contributed by atoms with E-state index >= 15 is 0 Å². The maximum atomic E-state index is 11.8. The van der Waals surface area contributed by atoms with Gasteiger partial charge in [0.25, 0.3) is 0 Å². The van der Waals surface area contributed by atoms with Crippen LogP contribution in [0.2, 0.25) is 0 Å². The molecule has 100 valence electrons. The predicted octanol–water partition coefficient (Wildman–Crippen LogP) is 0.394. The normalized spacial score (nSPS) is 11.1. The summed E-state index contributed by atoms with van der Waals surface area (Å²) in [5.74, 6) is -0.0741. The fraction of sp³-hybridized carbons (Fsp3) is 0.833. The van der Waals surface area contributed by atoms with Crippen LogP contribution in [0.5, 0.6) is 0 Å². The molecule has 0 fully saturated rings. The molecule has 0 unspecified atom stereocenters. The first-order valence-electron chi connectivity index (χ1n) is 6.19. The summed E-state index contributed by atoms with van der Waals surface area (Å²) in [6.45, 7) is 7.25. The molecule has 0 saturated carbocycles. The molecule has 0 rings (SSSR count). The van der Waals surface area contributed by atoms with Gasteiger partial charge in [0.15, 0.2) is 0 Å². The number of hydrogen-bond donors (Lipinski definition) is 3. The third kappa shape index (κ3) is 6.94. The Morgan fingerprint density at radius 2 is 1.82 bits per heavy atom. The molecule has 0 saturated heterocycles. The summed E-state index contributed by atoms with van der Waals surface area (Å²) < 4.78 is 0. The lowest BCUT2D eigenvalue weighted by molar-refractivity contribution is -0.129. The molecule has 5 heteroatoms. The molecule has 4 N–H and O–H groups in total. The van der Waals surface area contributed by atoms with Gasteiger partial charge in [-0.3, -0.25) is 9.59 Å². The summed E-state index contributed by atoms with van der Waals surface area (Å²) in [7, 11) is 0. The van der Waals surface area contributed by atoms with E-state index in [4.69, 9.17) is 5.73 Å². The number of carbonyl (C=O) groups excluding carboxylic acids is 2. The van der Waals surface area contributed by atoms with Crippen molar-refractivity contribution in [2.24, 2.45) is 11.1 Å². The molecular formula is C12H25N3O2. The molecule has 17 heavy (non-hydrogen) atoms. The maximum Gasteiger partial charge on any atom is 0.225 e. The second-order valence-electron chi connectivity index (χ2n) is 4.78. The van der Waals surface area contributed by atoms with Gasteiger partial charge in [0.05, 0.1) is 0 Å². The summed E-state index contributed by atoms with van der Waals surface area (Å²) in [5.41, 5.74) is 4.98. The van der Waals surface area contributed by atoms with Crippen LogP contribution in [0, 0.1) is 5.41 Å². The van der Waals surface area contributed by atoms with Gasteiger partial charge in [0, 0.05) is 24.9 Å². The number of nitrogens with one attached hydrogen (secondary N) is 2. The van der Waals surface area contributed by atoms with Crippen LogP contribution < -0.4 is 16.4 Å². The molecule has 0 aliphatic carbocycles. The highest BCUT2D eigenvalue weighted by atomic mass is 16.2. The minimum atomic E-state index is -0.464. The van der Waals surface area contributed by atoms with E-state index in [9.17, 15) is 9.59 Å². The van der Waals surface area contributed by atoms with E-state index in [1.807, 2.05) is 20.8 Å². The highest BCUT2D eigenvalue weighted by Crippen LogP contribution is 2.18. The van der Waals surface area contributed by atoms with Gasteiger partial charge in [-0.15, -0.1) is 0 Å². The van der Waals surface area contributed by atoms with Gasteiger partial charge in [0.1, 0.15) is 0 Å². The Morgan fingerprint density at radius 3 is 2.35 bits per heavy atom. The van der Waals surface area contributed by atoms with Crippen molar-refractivity contribution in [1.82, 2.24) is 10.6 Å². The third-order valence-corrected chi connectivity index (χ3v) is 2.59. The van der Waals surface area contributed by atoms with Crippen LogP contribution in [0.4, 0.5) is 0 Å². The van der Waals surface area contributed by atoms with Gasteiger partial charge in [-0.2, -0.15) is 0 Å². The number of carbonyl (C=O) groups is 2. The van der Waals surface area contributed by atoms with Crippen molar-refractivity contribution in [2.45, 2.75) is 40.0 Å². The lowest BCUT2D eigenvalue weighted by Gasteiger charge is -2.22. The highest BCUT2D eigenvalue weighted by molar-refractivity contribution is 5.82. The monoisotopic (exact) mass is 243 g/mol. The zero-order valence-electron chi connectivity index (χ0n) is 11.1. The standard InChI is InChI=1S/C12H25N3O2/c1-4-8-14-10(16)5-9-15-11(17)12(2,3)6-7-13/h4-9,13H2,1-3H3,(H,14,16)(H,15,17). The number of rotatable bonds is 8. The van der Waals surface area contributed by atoms with Crippen LogP contribution >= 0.6 is 0 Å². The fourth-order valence-corrected chi connectivity index (χ4v) is 1.36. The van der Waals surface area contributed by atoms with E-state index in [-0.39, 0.29) is 11.8 Å². The van der Waals surface area contributed by atoms with E-state index in [1.165, 1.54) is 0 Å². The summed E-state index contributed by atoms with van der Waals surface area (Å²) >= 11 is 0. The first kappa shape index (κ1) is 15.9. The van der Waals surface area contributed by atoms with Gasteiger partial charge in [0.2, 0.25) is 11.8 Å². The molecule has 0 aromatic carbocycles. The summed E-state index contributed by atoms with van der Waals surface area (Å²) in [6, 6.07) is 0. The van der Waals surface area contributed by atoms with Gasteiger partial charge in [-0.1, -0.05) is 20.8 Å². The highest BCUT2D eigenvalue weighted by Gasteiger charge is 2.26. The molecule has 0 radical (unpaired) electrons. The lowest BCUT2D eigenvalue weighted by atomic mass is 9.88. The molecule has 0 spiro atoms. The molecule has 0 atom stereocenters. The molecule has 0 heterocycles. The molecule has 0 aromatic rings. The molecular weight excluding hydrogens is 218 g/mol. The van der Waals surface area contributed by atoms with E-state index in [2.05, 4.69) is 10.6 Å². The molecule has 0 aliphatic rings. The van der Waals surface area contributed by atoms with Crippen molar-refractivity contribution in [3.05, 3.63) is 0 Å². The minimum absolute atomic E-state index is 0.0243. The van der Waals surface area contributed by atoms with E-state index in [0.29, 0.717) is 32.5 Å². The van der Waals surface area contributed by atoms with Crippen LogP contribution in [0.15, 0.2) is 0 Å². The first-order valence-corrected chi connectivity index (χ1v) is 6.19. The van der Waals surface area contributed by atoms with Crippen molar-refractivity contribution >= 4 is 11.8 Å². The maximum absolute atomic E-state index is 11.8. The van der Waals surface area contributed by atoms with Crippen LogP contribution in [-0.2, 0) is 9.59 Å². The number of nitrogens with two attached hydrogens (primary N) is 1. The second kappa shape index (κ2) is 8.06. The number of hydrogen-bond acceptors (Lipinski definition) is 3. The Hall–Kier alpha value is -1.10. The average molecular weight is 243 g/mol. The molecule has 0 aromatic heterocycles. The molecule has 2 amide bonds. The Labute approximate surface area is 104 Å². The number of amides is 2. The average Bonchev–Trinajstić information content (AvgIpc) is 2.26. The van der Waals surface area contributed by atoms with Crippen molar-refractivity contribution in [3.63, 3.8) is 0 Å². The van der Waals surface area contributed by atoms with Gasteiger partial charge >= 0.3 is 0 Å². The Balaban J connectivity index is 3.81. The summed E-state index contributed by atoms with van der Waals surface area (Å²) in [4.78, 5) is 23.0. The van der Waals surface area contributed by atoms with Crippen molar-refractivity contribution in [2.75, 3.05) is 19.6 Å². The Kier molecular flexibility index (Phi) is 7.54. The first-order chi connectivity index (χ1) is 7.94. The Bertz CT molecular complexity index is 252. The molecule has 5 nitrogen and oxygen atoms in total. The molecule has 0 aliphatic heterocycles. The largest absolute Gasteiger partial charge is 0.356 e. The lowest BCUT2D eigenvalue weighted by Crippen LogP contribution is -2.40. The van der Waals surface area contributed by atoms with E-state index in [0.717, 1.165) is 6.42 Å². The smallest absolute Gasteiger partial charge is 0.225 e. The van der Waals surface area contributed by atoms with Gasteiger partial charge in [-0.25, -0.2) is 0 Å². The van der Waals surface area contributed by atoms with Gasteiger partial charge < -0.3 is 16.4 Å². The van der Waals surface area contributed by atoms with E-state index in [1.54, 1.807) is 0 Å². The van der Waals surface area contributed by atoms with Crippen molar-refractivity contribution in [3.8, 4) is 0 Å². The second-order valence-corrected chi connectivity index (χ2v) is 4.78. The zero-order chi connectivity index (χ0) is 13.3. The minimum Gasteiger partial charge on any atom is -0.356 e. The fourth-order valence-electron chi connectivity index (χ4n) is 1.36. The van der Waals surface area contributed by atoms with E-state index < -0.39 is 5.41 Å².